The first-order valence-corrected chi connectivity index (χ1v) is 9.85. The number of nitrogens with zero attached hydrogens (tertiary/aromatic N) is 4. The van der Waals surface area contributed by atoms with Gasteiger partial charge in [0.1, 0.15) is 12.4 Å². The minimum absolute atomic E-state index is 0.514. The van der Waals surface area contributed by atoms with Crippen LogP contribution in [0.15, 0.2) is 60.8 Å². The fraction of sp³-hybridized carbons (Fsp3) is 0.318. The molecular weight excluding hydrogens is 350 g/mol. The number of anilines is 3. The third kappa shape index (κ3) is 4.97. The molecule has 1 N–H and O–H groups in total. The molecule has 2 heterocycles. The van der Waals surface area contributed by atoms with Crippen LogP contribution in [0.4, 0.5) is 17.5 Å². The Bertz CT molecular complexity index is 862. The smallest absolute Gasteiger partial charge is 0.249 e. The Morgan fingerprint density at radius 2 is 1.64 bits per heavy atom. The van der Waals surface area contributed by atoms with Crippen LogP contribution in [0.25, 0.3) is 0 Å². The highest BCUT2D eigenvalue weighted by atomic mass is 16.5. The third-order valence-electron chi connectivity index (χ3n) is 4.83. The Kier molecular flexibility index (Phi) is 5.97. The zero-order chi connectivity index (χ0) is 19.0. The van der Waals surface area contributed by atoms with Gasteiger partial charge in [0.05, 0.1) is 6.20 Å². The van der Waals surface area contributed by atoms with Crippen LogP contribution < -0.4 is 15.0 Å². The first kappa shape index (κ1) is 18.2. The van der Waals surface area contributed by atoms with E-state index in [9.17, 15) is 0 Å². The van der Waals surface area contributed by atoms with Gasteiger partial charge in [-0.15, -0.1) is 5.10 Å². The largest absolute Gasteiger partial charge is 0.489 e. The van der Waals surface area contributed by atoms with Gasteiger partial charge in [0.2, 0.25) is 5.95 Å². The molecule has 1 aliphatic rings. The maximum Gasteiger partial charge on any atom is 0.249 e. The number of nitrogens with one attached hydrogen (secondary N) is 1. The first-order chi connectivity index (χ1) is 13.9. The van der Waals surface area contributed by atoms with Crippen molar-refractivity contribution in [1.29, 1.82) is 0 Å². The van der Waals surface area contributed by atoms with E-state index in [2.05, 4.69) is 37.5 Å². The average Bonchev–Trinajstić information content (AvgIpc) is 3.04. The summed E-state index contributed by atoms with van der Waals surface area (Å²) in [5, 5.41) is 11.5. The van der Waals surface area contributed by atoms with E-state index in [-0.39, 0.29) is 0 Å². The van der Waals surface area contributed by atoms with Crippen LogP contribution in [-0.4, -0.2) is 28.3 Å². The third-order valence-corrected chi connectivity index (χ3v) is 4.83. The van der Waals surface area contributed by atoms with Crippen LogP contribution in [0.1, 0.15) is 31.2 Å². The number of hydrogen-bond acceptors (Lipinski definition) is 6. The second-order valence-electron chi connectivity index (χ2n) is 6.96. The van der Waals surface area contributed by atoms with Gasteiger partial charge < -0.3 is 15.0 Å². The van der Waals surface area contributed by atoms with Gasteiger partial charge in [-0.05, 0) is 42.7 Å². The molecule has 4 rings (SSSR count). The zero-order valence-electron chi connectivity index (χ0n) is 15.9. The van der Waals surface area contributed by atoms with Gasteiger partial charge >= 0.3 is 0 Å². The van der Waals surface area contributed by atoms with Gasteiger partial charge in [0, 0.05) is 18.8 Å². The van der Waals surface area contributed by atoms with Crippen molar-refractivity contribution in [3.05, 3.63) is 66.4 Å². The molecule has 6 nitrogen and oxygen atoms in total. The van der Waals surface area contributed by atoms with E-state index in [1.165, 1.54) is 25.7 Å². The van der Waals surface area contributed by atoms with Crippen molar-refractivity contribution in [3.63, 3.8) is 0 Å². The van der Waals surface area contributed by atoms with E-state index in [0.29, 0.717) is 12.6 Å². The van der Waals surface area contributed by atoms with Crippen LogP contribution in [0, 0.1) is 0 Å². The quantitative estimate of drug-likeness (QED) is 0.681. The van der Waals surface area contributed by atoms with Crippen LogP contribution in [-0.2, 0) is 6.61 Å². The molecule has 0 spiro atoms. The second-order valence-corrected chi connectivity index (χ2v) is 6.96. The van der Waals surface area contributed by atoms with Crippen molar-refractivity contribution < 1.29 is 4.74 Å². The lowest BCUT2D eigenvalue weighted by Crippen LogP contribution is -2.25. The Balaban J connectivity index is 1.37. The molecule has 6 heteroatoms. The predicted octanol–water partition coefficient (Wildman–Crippen LogP) is 4.57. The maximum absolute atomic E-state index is 5.83. The Labute approximate surface area is 165 Å². The summed E-state index contributed by atoms with van der Waals surface area (Å²) in [4.78, 5) is 6.94. The van der Waals surface area contributed by atoms with Crippen LogP contribution in [0.3, 0.4) is 0 Å². The van der Waals surface area contributed by atoms with Gasteiger partial charge in [0.15, 0.2) is 5.82 Å². The lowest BCUT2D eigenvalue weighted by Gasteiger charge is -2.20. The van der Waals surface area contributed by atoms with Crippen molar-refractivity contribution in [1.82, 2.24) is 15.2 Å². The lowest BCUT2D eigenvalue weighted by atomic mass is 10.2. The maximum atomic E-state index is 5.83. The molecule has 2 aromatic carbocycles. The molecule has 0 aliphatic carbocycles. The van der Waals surface area contributed by atoms with E-state index in [1.807, 2.05) is 42.5 Å². The Morgan fingerprint density at radius 1 is 0.893 bits per heavy atom. The van der Waals surface area contributed by atoms with Gasteiger partial charge in [-0.2, -0.15) is 10.1 Å². The molecule has 0 atom stereocenters. The second kappa shape index (κ2) is 9.17. The molecule has 3 aromatic rings. The summed E-state index contributed by atoms with van der Waals surface area (Å²) in [6, 6.07) is 17.9. The Morgan fingerprint density at radius 3 is 2.39 bits per heavy atom. The minimum Gasteiger partial charge on any atom is -0.489 e. The van der Waals surface area contributed by atoms with Crippen molar-refractivity contribution in [3.8, 4) is 5.75 Å². The number of benzene rings is 2. The monoisotopic (exact) mass is 375 g/mol. The average molecular weight is 375 g/mol. The van der Waals surface area contributed by atoms with Crippen molar-refractivity contribution >= 4 is 17.5 Å². The molecule has 0 radical (unpaired) electrons. The lowest BCUT2D eigenvalue weighted by molar-refractivity contribution is 0.306. The molecule has 28 heavy (non-hydrogen) atoms. The van der Waals surface area contributed by atoms with Gasteiger partial charge in [-0.3, -0.25) is 0 Å². The minimum atomic E-state index is 0.514. The number of rotatable bonds is 6. The summed E-state index contributed by atoms with van der Waals surface area (Å²) in [7, 11) is 0. The topological polar surface area (TPSA) is 63.2 Å². The molecule has 0 bridgehead atoms. The molecule has 1 aromatic heterocycles. The summed E-state index contributed by atoms with van der Waals surface area (Å²) in [6.07, 6.45) is 6.74. The summed E-state index contributed by atoms with van der Waals surface area (Å²) < 4.78 is 5.83. The number of ether oxygens (including phenoxy) is 1. The predicted molar refractivity (Wildman–Crippen MR) is 111 cm³/mol. The molecule has 144 valence electrons. The SMILES string of the molecule is c1ccc(COc2ccc(Nc3nncc(N4CCCCCC4)n3)cc2)cc1. The van der Waals surface area contributed by atoms with E-state index in [1.54, 1.807) is 6.20 Å². The van der Waals surface area contributed by atoms with Crippen LogP contribution in [0.5, 0.6) is 5.75 Å². The normalized spacial score (nSPS) is 14.4. The van der Waals surface area contributed by atoms with Crippen molar-refractivity contribution in [2.75, 3.05) is 23.3 Å². The highest BCUT2D eigenvalue weighted by molar-refractivity contribution is 5.55. The summed E-state index contributed by atoms with van der Waals surface area (Å²) in [6.45, 7) is 2.62. The van der Waals surface area contributed by atoms with Crippen LogP contribution in [0.2, 0.25) is 0 Å². The van der Waals surface area contributed by atoms with E-state index >= 15 is 0 Å². The molecule has 0 amide bonds. The molecule has 0 saturated carbocycles. The van der Waals surface area contributed by atoms with Crippen molar-refractivity contribution in [2.24, 2.45) is 0 Å². The molecule has 1 fully saturated rings. The Hall–Kier alpha value is -3.15. The molecular formula is C22H25N5O. The summed E-state index contributed by atoms with van der Waals surface area (Å²) >= 11 is 0. The van der Waals surface area contributed by atoms with Gasteiger partial charge in [-0.25, -0.2) is 0 Å². The molecule has 0 unspecified atom stereocenters. The molecule has 1 aliphatic heterocycles. The van der Waals surface area contributed by atoms with Crippen molar-refractivity contribution in [2.45, 2.75) is 32.3 Å². The highest BCUT2D eigenvalue weighted by Gasteiger charge is 2.12. The van der Waals surface area contributed by atoms with E-state index in [0.717, 1.165) is 35.9 Å². The zero-order valence-corrected chi connectivity index (χ0v) is 15.9. The highest BCUT2D eigenvalue weighted by Crippen LogP contribution is 2.21. The van der Waals surface area contributed by atoms with Crippen LogP contribution >= 0.6 is 0 Å². The van der Waals surface area contributed by atoms with E-state index in [4.69, 9.17) is 4.74 Å². The standard InChI is InChI=1S/C22H25N5O/c1-2-7-15-27(14-6-1)21-16-23-26-22(25-21)24-19-10-12-20(13-11-19)28-17-18-8-4-3-5-9-18/h3-5,8-13,16H,1-2,6-7,14-15,17H2,(H,24,25,26). The number of hydrogen-bond donors (Lipinski definition) is 1. The fourth-order valence-corrected chi connectivity index (χ4v) is 3.30. The fourth-order valence-electron chi connectivity index (χ4n) is 3.30. The van der Waals surface area contributed by atoms with Gasteiger partial charge in [-0.1, -0.05) is 43.2 Å². The number of aromatic nitrogens is 3. The van der Waals surface area contributed by atoms with E-state index < -0.39 is 0 Å². The van der Waals surface area contributed by atoms with Gasteiger partial charge in [0.25, 0.3) is 0 Å². The first-order valence-electron chi connectivity index (χ1n) is 9.85. The summed E-state index contributed by atoms with van der Waals surface area (Å²) in [5.74, 6) is 2.23. The summed E-state index contributed by atoms with van der Waals surface area (Å²) in [5.41, 5.74) is 2.05. The molecule has 1 saturated heterocycles.